The molecule has 0 spiro atoms. The summed E-state index contributed by atoms with van der Waals surface area (Å²) in [4.78, 5) is 14.8. The minimum absolute atomic E-state index is 0.0388. The van der Waals surface area contributed by atoms with E-state index in [0.717, 1.165) is 25.2 Å². The van der Waals surface area contributed by atoms with Crippen LogP contribution in [0, 0.1) is 26.9 Å². The van der Waals surface area contributed by atoms with Crippen LogP contribution in [0.1, 0.15) is 77.6 Å². The summed E-state index contributed by atoms with van der Waals surface area (Å²) in [5.74, 6) is 0.787. The van der Waals surface area contributed by atoms with Crippen molar-refractivity contribution >= 4 is 0 Å². The van der Waals surface area contributed by atoms with Crippen LogP contribution in [-0.2, 0) is 4.84 Å². The second-order valence-electron chi connectivity index (χ2n) is 8.64. The molecule has 4 bridgehead atoms. The molecule has 0 aromatic carbocycles. The highest BCUT2D eigenvalue weighted by Crippen LogP contribution is 2.68. The molecule has 126 valence electrons. The Morgan fingerprint density at radius 3 is 2.32 bits per heavy atom. The first-order valence-electron chi connectivity index (χ1n) is 8.95. The van der Waals surface area contributed by atoms with E-state index in [1.165, 1.54) is 51.4 Å². The van der Waals surface area contributed by atoms with E-state index in [9.17, 15) is 10.1 Å². The van der Waals surface area contributed by atoms with E-state index < -0.39 is 5.09 Å². The summed E-state index contributed by atoms with van der Waals surface area (Å²) in [5.41, 5.74) is 7.62. The molecule has 22 heavy (non-hydrogen) atoms. The molecule has 0 aromatic rings. The summed E-state index contributed by atoms with van der Waals surface area (Å²) in [5, 5.41) is 9.63. The van der Waals surface area contributed by atoms with Gasteiger partial charge in [0.1, 0.15) is 0 Å². The minimum atomic E-state index is -0.674. The van der Waals surface area contributed by atoms with Crippen LogP contribution in [0.25, 0.3) is 0 Å². The fourth-order valence-corrected chi connectivity index (χ4v) is 6.62. The van der Waals surface area contributed by atoms with E-state index >= 15 is 0 Å². The van der Waals surface area contributed by atoms with Crippen LogP contribution in [0.3, 0.4) is 0 Å². The molecule has 4 atom stereocenters. The lowest BCUT2D eigenvalue weighted by Gasteiger charge is -2.66. The zero-order valence-electron chi connectivity index (χ0n) is 13.8. The fraction of sp³-hybridized carbons (Fsp3) is 1.00. The van der Waals surface area contributed by atoms with E-state index in [1.54, 1.807) is 0 Å². The van der Waals surface area contributed by atoms with Crippen molar-refractivity contribution in [3.05, 3.63) is 10.1 Å². The first kappa shape index (κ1) is 16.0. The van der Waals surface area contributed by atoms with E-state index in [2.05, 4.69) is 11.8 Å². The Hall–Kier alpha value is -0.840. The highest BCUT2D eigenvalue weighted by atomic mass is 16.9. The Balaban J connectivity index is 1.68. The van der Waals surface area contributed by atoms with Gasteiger partial charge in [-0.2, -0.15) is 0 Å². The summed E-state index contributed by atoms with van der Waals surface area (Å²) in [6, 6.07) is 0. The van der Waals surface area contributed by atoms with E-state index in [4.69, 9.17) is 5.73 Å². The first-order chi connectivity index (χ1) is 10.4. The number of rotatable bonds is 8. The van der Waals surface area contributed by atoms with Crippen molar-refractivity contribution < 1.29 is 9.92 Å². The maximum Gasteiger partial charge on any atom is 0.294 e. The van der Waals surface area contributed by atoms with E-state index in [1.807, 2.05) is 0 Å². The number of hydrogen-bond acceptors (Lipinski definition) is 4. The number of hydrogen-bond donors (Lipinski definition) is 1. The minimum Gasteiger partial charge on any atom is -0.325 e. The van der Waals surface area contributed by atoms with Gasteiger partial charge in [0.15, 0.2) is 0 Å². The van der Waals surface area contributed by atoms with Gasteiger partial charge in [0.25, 0.3) is 5.09 Å². The van der Waals surface area contributed by atoms with Gasteiger partial charge in [0, 0.05) is 5.54 Å². The molecule has 5 heteroatoms. The van der Waals surface area contributed by atoms with Crippen LogP contribution in [0.5, 0.6) is 0 Å². The summed E-state index contributed by atoms with van der Waals surface area (Å²) in [7, 11) is 0. The molecule has 2 N–H and O–H groups in total. The molecule has 0 radical (unpaired) electrons. The van der Waals surface area contributed by atoms with Crippen molar-refractivity contribution in [3.8, 4) is 0 Å². The summed E-state index contributed by atoms with van der Waals surface area (Å²) < 4.78 is 0. The molecule has 0 amide bonds. The van der Waals surface area contributed by atoms with Crippen molar-refractivity contribution in [1.29, 1.82) is 0 Å². The molecule has 4 saturated carbocycles. The first-order valence-corrected chi connectivity index (χ1v) is 8.95. The van der Waals surface area contributed by atoms with Crippen molar-refractivity contribution in [3.63, 3.8) is 0 Å². The molecule has 4 unspecified atom stereocenters. The van der Waals surface area contributed by atoms with Gasteiger partial charge in [0.05, 0.1) is 6.61 Å². The Morgan fingerprint density at radius 1 is 1.14 bits per heavy atom. The Kier molecular flexibility index (Phi) is 4.12. The fourth-order valence-electron chi connectivity index (χ4n) is 6.62. The highest BCUT2D eigenvalue weighted by Gasteiger charge is 2.61. The quantitative estimate of drug-likeness (QED) is 0.420. The topological polar surface area (TPSA) is 78.4 Å². The second-order valence-corrected chi connectivity index (χ2v) is 8.64. The third-order valence-electron chi connectivity index (χ3n) is 6.45. The van der Waals surface area contributed by atoms with Gasteiger partial charge in [-0.1, -0.05) is 19.8 Å². The van der Waals surface area contributed by atoms with E-state index in [0.29, 0.717) is 10.8 Å². The average molecular weight is 310 g/mol. The highest BCUT2D eigenvalue weighted by molar-refractivity contribution is 5.15. The SMILES string of the molecule is CCCCC12CC3CC(N)(C1)CC(CCCO[N+](=O)[O-])(C3)C2. The van der Waals surface area contributed by atoms with Crippen molar-refractivity contribution in [2.45, 2.75) is 83.1 Å². The molecule has 4 fully saturated rings. The van der Waals surface area contributed by atoms with Crippen LogP contribution in [0.4, 0.5) is 0 Å². The predicted molar refractivity (Wildman–Crippen MR) is 84.7 cm³/mol. The van der Waals surface area contributed by atoms with Gasteiger partial charge < -0.3 is 10.6 Å². The van der Waals surface area contributed by atoms with Crippen LogP contribution in [-0.4, -0.2) is 17.2 Å². The molecule has 0 heterocycles. The maximum absolute atomic E-state index is 10.3. The van der Waals surface area contributed by atoms with Crippen LogP contribution in [0.15, 0.2) is 0 Å². The molecule has 0 aliphatic heterocycles. The van der Waals surface area contributed by atoms with Gasteiger partial charge in [-0.25, -0.2) is 0 Å². The Morgan fingerprint density at radius 2 is 1.77 bits per heavy atom. The molecule has 4 rings (SSSR count). The van der Waals surface area contributed by atoms with Crippen molar-refractivity contribution in [2.75, 3.05) is 6.61 Å². The standard InChI is InChI=1S/C17H30N2O3/c1-2-3-5-15-8-14-9-16(11-15,6-4-7-22-19(20)21)13-17(18,10-14)12-15/h14H,2-13,18H2,1H3. The monoisotopic (exact) mass is 310 g/mol. The van der Waals surface area contributed by atoms with Gasteiger partial charge >= 0.3 is 0 Å². The number of unbranched alkanes of at least 4 members (excludes halogenated alkanes) is 1. The molecule has 5 nitrogen and oxygen atoms in total. The molecule has 4 aliphatic carbocycles. The summed E-state index contributed by atoms with van der Waals surface area (Å²) >= 11 is 0. The van der Waals surface area contributed by atoms with Gasteiger partial charge in [0.2, 0.25) is 0 Å². The smallest absolute Gasteiger partial charge is 0.294 e. The predicted octanol–water partition coefficient (Wildman–Crippen LogP) is 3.83. The maximum atomic E-state index is 10.3. The lowest BCUT2D eigenvalue weighted by atomic mass is 9.40. The zero-order valence-corrected chi connectivity index (χ0v) is 13.8. The number of nitrogens with two attached hydrogens (primary N) is 1. The molecule has 0 saturated heterocycles. The number of nitrogens with zero attached hydrogens (tertiary/aromatic N) is 1. The van der Waals surface area contributed by atoms with Gasteiger partial charge in [-0.05, 0) is 74.5 Å². The zero-order chi connectivity index (χ0) is 15.8. The Bertz CT molecular complexity index is 444. The second kappa shape index (κ2) is 5.66. The van der Waals surface area contributed by atoms with Crippen LogP contribution in [0.2, 0.25) is 0 Å². The van der Waals surface area contributed by atoms with Crippen LogP contribution >= 0.6 is 0 Å². The summed E-state index contributed by atoms with van der Waals surface area (Å²) in [6.45, 7) is 2.50. The van der Waals surface area contributed by atoms with Gasteiger partial charge in [-0.15, -0.1) is 10.1 Å². The Labute approximate surface area is 133 Å². The van der Waals surface area contributed by atoms with Gasteiger partial charge in [-0.3, -0.25) is 0 Å². The third-order valence-corrected chi connectivity index (χ3v) is 6.45. The molecular weight excluding hydrogens is 280 g/mol. The lowest BCUT2D eigenvalue weighted by molar-refractivity contribution is -0.757. The molecular formula is C17H30N2O3. The van der Waals surface area contributed by atoms with Crippen molar-refractivity contribution in [2.24, 2.45) is 22.5 Å². The lowest BCUT2D eigenvalue weighted by Crippen LogP contribution is -2.63. The van der Waals surface area contributed by atoms with E-state index in [-0.39, 0.29) is 12.1 Å². The van der Waals surface area contributed by atoms with Crippen molar-refractivity contribution in [1.82, 2.24) is 0 Å². The molecule has 4 aliphatic rings. The summed E-state index contributed by atoms with van der Waals surface area (Å²) in [6.07, 6.45) is 13.2. The molecule has 0 aromatic heterocycles. The average Bonchev–Trinajstić information content (AvgIpc) is 2.38. The third kappa shape index (κ3) is 3.10. The normalized spacial score (nSPS) is 42.5. The largest absolute Gasteiger partial charge is 0.325 e. The van der Waals surface area contributed by atoms with Crippen LogP contribution < -0.4 is 5.73 Å².